The van der Waals surface area contributed by atoms with Crippen LogP contribution in [-0.4, -0.2) is 0 Å². The molecule has 0 fully saturated rings. The molecule has 0 aliphatic heterocycles. The maximum absolute atomic E-state index is 13.9. The van der Waals surface area contributed by atoms with Gasteiger partial charge in [-0.3, -0.25) is 0 Å². The van der Waals surface area contributed by atoms with Gasteiger partial charge in [0.2, 0.25) is 0 Å². The molecule has 0 nitrogen and oxygen atoms in total. The highest BCUT2D eigenvalue weighted by Gasteiger charge is 2.19. The Morgan fingerprint density at radius 3 is 2.00 bits per heavy atom. The maximum Gasteiger partial charge on any atom is 0.152 e. The van der Waals surface area contributed by atoms with Crippen molar-refractivity contribution in [1.82, 2.24) is 0 Å². The van der Waals surface area contributed by atoms with Gasteiger partial charge in [0.1, 0.15) is 10.8 Å². The Kier molecular flexibility index (Phi) is 4.02. The second kappa shape index (κ2) is 5.22. The average molecular weight is 328 g/mol. The van der Waals surface area contributed by atoms with Gasteiger partial charge in [0.25, 0.3) is 0 Å². The lowest BCUT2D eigenvalue weighted by Crippen LogP contribution is -1.91. The van der Waals surface area contributed by atoms with Crippen LogP contribution in [0.1, 0.15) is 0 Å². The van der Waals surface area contributed by atoms with Crippen LogP contribution in [0.25, 0.3) is 11.1 Å². The van der Waals surface area contributed by atoms with Crippen LogP contribution in [0.2, 0.25) is 20.1 Å². The fourth-order valence-corrected chi connectivity index (χ4v) is 2.39. The van der Waals surface area contributed by atoms with E-state index in [9.17, 15) is 8.78 Å². The highest BCUT2D eigenvalue weighted by atomic mass is 35.5. The molecule has 0 saturated heterocycles. The normalized spacial score (nSPS) is 10.8. The second-order valence-corrected chi connectivity index (χ2v) is 5.01. The van der Waals surface area contributed by atoms with Gasteiger partial charge in [-0.15, -0.1) is 0 Å². The molecule has 0 amide bonds. The van der Waals surface area contributed by atoms with Crippen molar-refractivity contribution in [2.45, 2.75) is 0 Å². The standard InChI is InChI=1S/C12H4Cl4F2/c13-6-2-3-7(14)10(15)9(6)5-1-4-8(17)11(16)12(5)18/h1-4H. The summed E-state index contributed by atoms with van der Waals surface area (Å²) in [5, 5.41) is -0.104. The molecule has 0 aliphatic carbocycles. The van der Waals surface area contributed by atoms with Crippen LogP contribution in [-0.2, 0) is 0 Å². The van der Waals surface area contributed by atoms with E-state index >= 15 is 0 Å². The van der Waals surface area contributed by atoms with E-state index in [-0.39, 0.29) is 26.2 Å². The Bertz CT molecular complexity index is 626. The summed E-state index contributed by atoms with van der Waals surface area (Å²) in [4.78, 5) is 0. The molecule has 0 heterocycles. The zero-order valence-electron chi connectivity index (χ0n) is 8.58. The third kappa shape index (κ3) is 2.30. The number of rotatable bonds is 1. The van der Waals surface area contributed by atoms with Crippen LogP contribution < -0.4 is 0 Å². The summed E-state index contributed by atoms with van der Waals surface area (Å²) in [6.07, 6.45) is 0. The summed E-state index contributed by atoms with van der Waals surface area (Å²) in [5.74, 6) is -1.78. The Hall–Kier alpha value is -0.540. The minimum atomic E-state index is -0.928. The molecule has 18 heavy (non-hydrogen) atoms. The number of halogens is 6. The van der Waals surface area contributed by atoms with Gasteiger partial charge < -0.3 is 0 Å². The van der Waals surface area contributed by atoms with E-state index in [1.807, 2.05) is 0 Å². The van der Waals surface area contributed by atoms with E-state index in [1.165, 1.54) is 18.2 Å². The smallest absolute Gasteiger partial charge is 0.152 e. The fourth-order valence-electron chi connectivity index (χ4n) is 1.49. The second-order valence-electron chi connectivity index (χ2n) is 3.44. The van der Waals surface area contributed by atoms with Crippen LogP contribution >= 0.6 is 46.4 Å². The molecule has 94 valence electrons. The predicted octanol–water partition coefficient (Wildman–Crippen LogP) is 6.25. The van der Waals surface area contributed by atoms with Crippen LogP contribution in [0.15, 0.2) is 24.3 Å². The van der Waals surface area contributed by atoms with Crippen LogP contribution in [0.3, 0.4) is 0 Å². The molecule has 0 aromatic heterocycles. The highest BCUT2D eigenvalue weighted by molar-refractivity contribution is 6.46. The minimum absolute atomic E-state index is 0.00102. The zero-order valence-corrected chi connectivity index (χ0v) is 11.6. The molecule has 2 aromatic rings. The van der Waals surface area contributed by atoms with Gasteiger partial charge in [0.05, 0.1) is 15.1 Å². The molecule has 0 radical (unpaired) electrons. The first kappa shape index (κ1) is 13.9. The summed E-state index contributed by atoms with van der Waals surface area (Å²) in [6.45, 7) is 0. The topological polar surface area (TPSA) is 0 Å². The zero-order chi connectivity index (χ0) is 13.4. The van der Waals surface area contributed by atoms with E-state index in [1.54, 1.807) is 0 Å². The third-order valence-electron chi connectivity index (χ3n) is 2.35. The van der Waals surface area contributed by atoms with Gasteiger partial charge >= 0.3 is 0 Å². The van der Waals surface area contributed by atoms with E-state index in [2.05, 4.69) is 0 Å². The molecule has 2 rings (SSSR count). The van der Waals surface area contributed by atoms with Crippen molar-refractivity contribution in [3.63, 3.8) is 0 Å². The molecule has 0 N–H and O–H groups in total. The van der Waals surface area contributed by atoms with Gasteiger partial charge in [-0.1, -0.05) is 46.4 Å². The Labute approximate surface area is 122 Å². The lowest BCUT2D eigenvalue weighted by Gasteiger charge is -2.10. The van der Waals surface area contributed by atoms with E-state index in [0.29, 0.717) is 0 Å². The fraction of sp³-hybridized carbons (Fsp3) is 0. The average Bonchev–Trinajstić information content (AvgIpc) is 2.34. The van der Waals surface area contributed by atoms with Crippen molar-refractivity contribution in [2.75, 3.05) is 0 Å². The summed E-state index contributed by atoms with van der Waals surface area (Å²) >= 11 is 23.3. The number of hydrogen-bond donors (Lipinski definition) is 0. The molecular weight excluding hydrogens is 324 g/mol. The number of benzene rings is 2. The molecule has 0 atom stereocenters. The quantitative estimate of drug-likeness (QED) is 0.429. The lowest BCUT2D eigenvalue weighted by molar-refractivity contribution is 0.586. The largest absolute Gasteiger partial charge is 0.205 e. The minimum Gasteiger partial charge on any atom is -0.205 e. The molecular formula is C12H4Cl4F2. The first-order chi connectivity index (χ1) is 8.43. The molecule has 6 heteroatoms. The van der Waals surface area contributed by atoms with Crippen molar-refractivity contribution < 1.29 is 8.78 Å². The summed E-state index contributed by atoms with van der Waals surface area (Å²) in [7, 11) is 0. The van der Waals surface area contributed by atoms with Crippen molar-refractivity contribution in [3.8, 4) is 11.1 Å². The Morgan fingerprint density at radius 2 is 1.33 bits per heavy atom. The first-order valence-electron chi connectivity index (χ1n) is 4.71. The van der Waals surface area contributed by atoms with Crippen molar-refractivity contribution in [1.29, 1.82) is 0 Å². The molecule has 0 spiro atoms. The summed E-state index contributed by atoms with van der Waals surface area (Å²) in [5.41, 5.74) is 0.184. The SMILES string of the molecule is Fc1ccc(-c2c(Cl)ccc(Cl)c2Cl)c(F)c1Cl. The Morgan fingerprint density at radius 1 is 0.722 bits per heavy atom. The van der Waals surface area contributed by atoms with Gasteiger partial charge in [-0.2, -0.15) is 0 Å². The van der Waals surface area contributed by atoms with E-state index in [4.69, 9.17) is 46.4 Å². The first-order valence-corrected chi connectivity index (χ1v) is 6.22. The molecule has 0 aliphatic rings. The summed E-state index contributed by atoms with van der Waals surface area (Å²) < 4.78 is 27.0. The van der Waals surface area contributed by atoms with Crippen LogP contribution in [0, 0.1) is 11.6 Å². The van der Waals surface area contributed by atoms with Gasteiger partial charge in [-0.25, -0.2) is 8.78 Å². The summed E-state index contributed by atoms with van der Waals surface area (Å²) in [6, 6.07) is 5.20. The molecule has 0 bridgehead atoms. The molecule has 0 saturated carbocycles. The van der Waals surface area contributed by atoms with Gasteiger partial charge in [0, 0.05) is 11.1 Å². The highest BCUT2D eigenvalue weighted by Crippen LogP contribution is 2.41. The molecule has 2 aromatic carbocycles. The molecule has 0 unspecified atom stereocenters. The van der Waals surface area contributed by atoms with Crippen molar-refractivity contribution in [3.05, 3.63) is 56.0 Å². The Balaban J connectivity index is 2.78. The van der Waals surface area contributed by atoms with Crippen LogP contribution in [0.5, 0.6) is 0 Å². The van der Waals surface area contributed by atoms with Crippen LogP contribution in [0.4, 0.5) is 8.78 Å². The van der Waals surface area contributed by atoms with Crippen molar-refractivity contribution in [2.24, 2.45) is 0 Å². The lowest BCUT2D eigenvalue weighted by atomic mass is 10.0. The van der Waals surface area contributed by atoms with Gasteiger partial charge in [-0.05, 0) is 24.3 Å². The van der Waals surface area contributed by atoms with E-state index in [0.717, 1.165) is 6.07 Å². The monoisotopic (exact) mass is 326 g/mol. The van der Waals surface area contributed by atoms with E-state index < -0.39 is 16.7 Å². The third-order valence-corrected chi connectivity index (χ3v) is 3.81. The maximum atomic E-state index is 13.9. The predicted molar refractivity (Wildman–Crippen MR) is 71.8 cm³/mol. The number of hydrogen-bond acceptors (Lipinski definition) is 0. The van der Waals surface area contributed by atoms with Crippen molar-refractivity contribution >= 4 is 46.4 Å². The van der Waals surface area contributed by atoms with Gasteiger partial charge in [0.15, 0.2) is 5.82 Å².